The molecule has 5 atom stereocenters. The quantitative estimate of drug-likeness (QED) is 0.162. The van der Waals surface area contributed by atoms with Gasteiger partial charge in [-0.1, -0.05) is 92.7 Å². The van der Waals surface area contributed by atoms with Crippen LogP contribution in [0.25, 0.3) is 0 Å². The Morgan fingerprint density at radius 2 is 1.58 bits per heavy atom. The van der Waals surface area contributed by atoms with Gasteiger partial charge in [0.25, 0.3) is 0 Å². The fourth-order valence-corrected chi connectivity index (χ4v) is 8.07. The van der Waals surface area contributed by atoms with E-state index in [0.717, 1.165) is 49.0 Å². The molecule has 3 unspecified atom stereocenters. The van der Waals surface area contributed by atoms with Gasteiger partial charge in [0.2, 0.25) is 5.91 Å². The van der Waals surface area contributed by atoms with Gasteiger partial charge in [-0.05, 0) is 85.5 Å². The molecule has 1 heterocycles. The fourth-order valence-electron chi connectivity index (χ4n) is 8.07. The molecule has 3 aliphatic rings. The number of benzene rings is 3. The summed E-state index contributed by atoms with van der Waals surface area (Å²) in [5.41, 5.74) is 4.08. The minimum absolute atomic E-state index is 0.0196. The van der Waals surface area contributed by atoms with Gasteiger partial charge in [-0.2, -0.15) is 0 Å². The summed E-state index contributed by atoms with van der Waals surface area (Å²) in [7, 11) is 0. The number of ether oxygens (including phenoxy) is 1. The van der Waals surface area contributed by atoms with E-state index in [9.17, 15) is 14.7 Å². The van der Waals surface area contributed by atoms with Crippen LogP contribution in [0.3, 0.4) is 0 Å². The van der Waals surface area contributed by atoms with Gasteiger partial charge < -0.3 is 25.4 Å². The monoisotopic (exact) mass is 652 g/mol. The smallest absolute Gasteiger partial charge is 0.317 e. The van der Waals surface area contributed by atoms with Crippen molar-refractivity contribution in [1.29, 1.82) is 0 Å². The third-order valence-corrected chi connectivity index (χ3v) is 10.9. The van der Waals surface area contributed by atoms with E-state index in [1.165, 1.54) is 11.1 Å². The molecule has 3 aromatic carbocycles. The van der Waals surface area contributed by atoms with Crippen LogP contribution in [0.15, 0.2) is 78.9 Å². The van der Waals surface area contributed by atoms with Crippen LogP contribution in [-0.2, 0) is 17.6 Å². The van der Waals surface area contributed by atoms with Gasteiger partial charge in [0, 0.05) is 25.2 Å². The number of urea groups is 1. The second-order valence-electron chi connectivity index (χ2n) is 14.9. The van der Waals surface area contributed by atoms with E-state index < -0.39 is 6.23 Å². The SMILES string of the molecule is Cc1cccc(C)c1OCC(O)N[C@@H](Cc1ccccc1)C1(C[C@H](Cc2ccccc2)NC(=O)C2C(N3CCCNC3=O)C2(C)C)CC1. The van der Waals surface area contributed by atoms with Crippen molar-refractivity contribution >= 4 is 11.9 Å². The van der Waals surface area contributed by atoms with Gasteiger partial charge in [-0.3, -0.25) is 10.1 Å². The highest BCUT2D eigenvalue weighted by atomic mass is 16.5. The second kappa shape index (κ2) is 14.3. The van der Waals surface area contributed by atoms with Crippen LogP contribution >= 0.6 is 0 Å². The van der Waals surface area contributed by atoms with Crippen molar-refractivity contribution < 1.29 is 19.4 Å². The average Bonchev–Trinajstić information content (AvgIpc) is 3.96. The average molecular weight is 653 g/mol. The molecule has 256 valence electrons. The maximum Gasteiger partial charge on any atom is 0.317 e. The molecule has 8 nitrogen and oxygen atoms in total. The van der Waals surface area contributed by atoms with Crippen molar-refractivity contribution in [1.82, 2.24) is 20.9 Å². The number of nitrogens with zero attached hydrogens (tertiary/aromatic N) is 1. The number of carbonyl (C=O) groups is 2. The van der Waals surface area contributed by atoms with Gasteiger partial charge in [-0.25, -0.2) is 4.79 Å². The fraction of sp³-hybridized carbons (Fsp3) is 0.500. The summed E-state index contributed by atoms with van der Waals surface area (Å²) in [6, 6.07) is 26.5. The summed E-state index contributed by atoms with van der Waals surface area (Å²) in [4.78, 5) is 28.6. The number of aliphatic hydroxyl groups excluding tert-OH is 1. The van der Waals surface area contributed by atoms with Crippen LogP contribution in [0.2, 0.25) is 0 Å². The number of aliphatic hydroxyl groups is 1. The molecule has 2 aliphatic carbocycles. The van der Waals surface area contributed by atoms with Gasteiger partial charge >= 0.3 is 6.03 Å². The van der Waals surface area contributed by atoms with E-state index in [0.29, 0.717) is 19.5 Å². The minimum Gasteiger partial charge on any atom is -0.489 e. The molecule has 0 radical (unpaired) electrons. The van der Waals surface area contributed by atoms with Gasteiger partial charge in [0.05, 0.1) is 12.0 Å². The Morgan fingerprint density at radius 3 is 2.19 bits per heavy atom. The molecule has 0 spiro atoms. The first kappa shape index (κ1) is 34.0. The van der Waals surface area contributed by atoms with E-state index in [2.05, 4.69) is 66.2 Å². The lowest BCUT2D eigenvalue weighted by Gasteiger charge is -2.34. The number of hydrogen-bond acceptors (Lipinski definition) is 5. The molecule has 4 N–H and O–H groups in total. The highest BCUT2D eigenvalue weighted by Crippen LogP contribution is 2.56. The molecule has 3 fully saturated rings. The summed E-state index contributed by atoms with van der Waals surface area (Å²) >= 11 is 0. The number of amides is 3. The zero-order valence-electron chi connectivity index (χ0n) is 28.9. The summed E-state index contributed by atoms with van der Waals surface area (Å²) < 4.78 is 6.14. The Morgan fingerprint density at radius 1 is 0.958 bits per heavy atom. The van der Waals surface area contributed by atoms with Crippen LogP contribution in [0, 0.1) is 30.6 Å². The van der Waals surface area contributed by atoms with Gasteiger partial charge in [0.1, 0.15) is 18.6 Å². The number of para-hydroxylation sites is 1. The molecule has 3 aromatic rings. The van der Waals surface area contributed by atoms with Crippen molar-refractivity contribution in [2.24, 2.45) is 16.7 Å². The normalized spacial score (nSPS) is 22.6. The van der Waals surface area contributed by atoms with Crippen LogP contribution in [-0.4, -0.2) is 66.0 Å². The number of carbonyl (C=O) groups excluding carboxylic acids is 2. The first-order valence-electron chi connectivity index (χ1n) is 17.6. The molecular weight excluding hydrogens is 600 g/mol. The maximum atomic E-state index is 14.1. The lowest BCUT2D eigenvalue weighted by molar-refractivity contribution is -0.124. The summed E-state index contributed by atoms with van der Waals surface area (Å²) in [5, 5.41) is 21.3. The standard InChI is InChI=1S/C40H52N4O4/c1-27-13-11-14-28(2)35(27)48-26-33(45)43-32(24-30-17-9-6-10-18-30)40(19-20-40)25-31(23-29-15-7-5-8-16-29)42-37(46)34-36(39(34,3)4)44-22-12-21-41-38(44)47/h5-11,13-18,31-34,36,43,45H,12,19-26H2,1-4H3,(H,41,47)(H,42,46)/t31-,32-,33?,34?,36?/m0/s1. The first-order valence-corrected chi connectivity index (χ1v) is 17.6. The summed E-state index contributed by atoms with van der Waals surface area (Å²) in [5.74, 6) is 0.583. The van der Waals surface area contributed by atoms with Crippen LogP contribution in [0.5, 0.6) is 5.75 Å². The van der Waals surface area contributed by atoms with E-state index in [1.54, 1.807) is 0 Å². The van der Waals surface area contributed by atoms with Crippen LogP contribution < -0.4 is 20.7 Å². The van der Waals surface area contributed by atoms with Crippen molar-refractivity contribution in [3.8, 4) is 5.75 Å². The van der Waals surface area contributed by atoms with E-state index in [-0.39, 0.29) is 53.4 Å². The third-order valence-electron chi connectivity index (χ3n) is 10.9. The predicted molar refractivity (Wildman–Crippen MR) is 189 cm³/mol. The topological polar surface area (TPSA) is 103 Å². The number of hydrogen-bond donors (Lipinski definition) is 4. The van der Waals surface area contributed by atoms with E-state index >= 15 is 0 Å². The van der Waals surface area contributed by atoms with Crippen molar-refractivity contribution in [2.75, 3.05) is 19.7 Å². The number of rotatable bonds is 15. The second-order valence-corrected chi connectivity index (χ2v) is 14.9. The summed E-state index contributed by atoms with van der Waals surface area (Å²) in [6.07, 6.45) is 4.31. The molecule has 48 heavy (non-hydrogen) atoms. The maximum absolute atomic E-state index is 14.1. The van der Waals surface area contributed by atoms with Crippen LogP contribution in [0.1, 0.15) is 61.8 Å². The molecule has 1 aliphatic heterocycles. The highest BCUT2D eigenvalue weighted by Gasteiger charge is 2.65. The summed E-state index contributed by atoms with van der Waals surface area (Å²) in [6.45, 7) is 9.74. The number of nitrogens with one attached hydrogen (secondary N) is 3. The van der Waals surface area contributed by atoms with Crippen molar-refractivity contribution in [2.45, 2.75) is 90.6 Å². The first-order chi connectivity index (χ1) is 23.1. The molecular formula is C40H52N4O4. The Balaban J connectivity index is 1.20. The molecule has 2 saturated carbocycles. The third kappa shape index (κ3) is 7.71. The van der Waals surface area contributed by atoms with Crippen LogP contribution in [0.4, 0.5) is 4.79 Å². The molecule has 3 amide bonds. The highest BCUT2D eigenvalue weighted by molar-refractivity contribution is 5.86. The molecule has 1 saturated heterocycles. The minimum atomic E-state index is -0.860. The van der Waals surface area contributed by atoms with E-state index in [1.807, 2.05) is 61.2 Å². The Kier molecular flexibility index (Phi) is 10.1. The largest absolute Gasteiger partial charge is 0.489 e. The molecule has 0 bridgehead atoms. The van der Waals surface area contributed by atoms with Crippen molar-refractivity contribution in [3.05, 3.63) is 101 Å². The molecule has 6 rings (SSSR count). The van der Waals surface area contributed by atoms with Gasteiger partial charge in [0.15, 0.2) is 0 Å². The Labute approximate surface area is 285 Å². The Hall–Kier alpha value is -3.88. The van der Waals surface area contributed by atoms with E-state index in [4.69, 9.17) is 4.74 Å². The predicted octanol–water partition coefficient (Wildman–Crippen LogP) is 5.54. The van der Waals surface area contributed by atoms with Crippen molar-refractivity contribution in [3.63, 3.8) is 0 Å². The lowest BCUT2D eigenvalue weighted by atomic mass is 9.83. The number of aryl methyl sites for hydroxylation is 2. The lowest BCUT2D eigenvalue weighted by Crippen LogP contribution is -2.51. The van der Waals surface area contributed by atoms with Gasteiger partial charge in [-0.15, -0.1) is 0 Å². The zero-order chi connectivity index (χ0) is 33.9. The molecule has 8 heteroatoms. The molecule has 0 aromatic heterocycles. The Bertz CT molecular complexity index is 1540. The zero-order valence-corrected chi connectivity index (χ0v) is 28.9.